The summed E-state index contributed by atoms with van der Waals surface area (Å²) >= 11 is 0. The number of methoxy groups -OCH3 is 1. The molecule has 28 heavy (non-hydrogen) atoms. The van der Waals surface area contributed by atoms with Crippen LogP contribution in [0.1, 0.15) is 30.0 Å². The molecule has 3 aliphatic rings. The maximum absolute atomic E-state index is 13.3. The van der Waals surface area contributed by atoms with Gasteiger partial charge in [0.25, 0.3) is 10.2 Å². The second-order valence-corrected chi connectivity index (χ2v) is 10.7. The summed E-state index contributed by atoms with van der Waals surface area (Å²) in [6.45, 7) is 6.36. The van der Waals surface area contributed by atoms with Crippen molar-refractivity contribution in [2.75, 3.05) is 53.5 Å². The first-order valence-corrected chi connectivity index (χ1v) is 11.8. The Kier molecular flexibility index (Phi) is 5.82. The van der Waals surface area contributed by atoms with Gasteiger partial charge < -0.3 is 4.74 Å². The number of piperidine rings is 1. The summed E-state index contributed by atoms with van der Waals surface area (Å²) in [5.41, 5.74) is 2.64. The molecule has 4 rings (SSSR count). The normalized spacial score (nSPS) is 30.8. The number of rotatable bonds is 5. The van der Waals surface area contributed by atoms with E-state index < -0.39 is 10.2 Å². The first-order valence-electron chi connectivity index (χ1n) is 10.4. The minimum Gasteiger partial charge on any atom is -0.384 e. The third-order valence-corrected chi connectivity index (χ3v) is 8.97. The van der Waals surface area contributed by atoms with Crippen LogP contribution < -0.4 is 0 Å². The Morgan fingerprint density at radius 3 is 2.46 bits per heavy atom. The van der Waals surface area contributed by atoms with Crippen molar-refractivity contribution in [1.29, 1.82) is 0 Å². The van der Waals surface area contributed by atoms with Crippen LogP contribution in [0.15, 0.2) is 24.3 Å². The molecule has 1 aromatic carbocycles. The Morgan fingerprint density at radius 1 is 1.07 bits per heavy atom. The number of benzene rings is 1. The number of nitrogens with zero attached hydrogens (tertiary/aromatic N) is 3. The maximum Gasteiger partial charge on any atom is 0.281 e. The molecule has 0 N–H and O–H groups in total. The Morgan fingerprint density at radius 2 is 1.79 bits per heavy atom. The fourth-order valence-corrected chi connectivity index (χ4v) is 7.24. The quantitative estimate of drug-likeness (QED) is 0.750. The Balaban J connectivity index is 1.47. The van der Waals surface area contributed by atoms with E-state index in [1.165, 1.54) is 11.1 Å². The lowest BCUT2D eigenvalue weighted by Gasteiger charge is -2.34. The van der Waals surface area contributed by atoms with Gasteiger partial charge >= 0.3 is 0 Å². The van der Waals surface area contributed by atoms with Crippen LogP contribution in [0.5, 0.6) is 0 Å². The van der Waals surface area contributed by atoms with Gasteiger partial charge in [-0.1, -0.05) is 24.3 Å². The molecule has 3 saturated heterocycles. The maximum atomic E-state index is 13.3. The van der Waals surface area contributed by atoms with Gasteiger partial charge in [0.2, 0.25) is 0 Å². The smallest absolute Gasteiger partial charge is 0.281 e. The van der Waals surface area contributed by atoms with Gasteiger partial charge in [0.15, 0.2) is 0 Å². The number of fused-ring (bicyclic) bond motifs is 1. The zero-order valence-corrected chi connectivity index (χ0v) is 18.1. The number of ether oxygens (including phenoxy) is 1. The third-order valence-electron chi connectivity index (χ3n) is 7.00. The lowest BCUT2D eigenvalue weighted by atomic mass is 9.88. The predicted octanol–water partition coefficient (Wildman–Crippen LogP) is 2.13. The fourth-order valence-electron chi connectivity index (χ4n) is 5.50. The molecular formula is C21H33N3O3S. The summed E-state index contributed by atoms with van der Waals surface area (Å²) in [7, 11) is 0.524. The second-order valence-electron chi connectivity index (χ2n) is 8.79. The average Bonchev–Trinajstić information content (AvgIpc) is 3.21. The molecule has 3 atom stereocenters. The van der Waals surface area contributed by atoms with E-state index in [1.807, 2.05) is 0 Å². The summed E-state index contributed by atoms with van der Waals surface area (Å²) in [4.78, 5) is 2.41. The van der Waals surface area contributed by atoms with Gasteiger partial charge in [0.1, 0.15) is 0 Å². The molecule has 0 unspecified atom stereocenters. The SMILES string of the molecule is COCC1CCN(S(=O)(=O)N2C[C@@H]3CN(C)[C@@H](c4ccccc4C)[C@@H]3C2)CC1. The third kappa shape index (κ3) is 3.63. The van der Waals surface area contributed by atoms with Gasteiger partial charge in [-0.25, -0.2) is 0 Å². The van der Waals surface area contributed by atoms with Gasteiger partial charge in [-0.15, -0.1) is 0 Å². The molecule has 0 radical (unpaired) electrons. The molecule has 0 aliphatic carbocycles. The van der Waals surface area contributed by atoms with E-state index in [1.54, 1.807) is 15.7 Å². The van der Waals surface area contributed by atoms with Gasteiger partial charge in [-0.3, -0.25) is 4.90 Å². The van der Waals surface area contributed by atoms with Gasteiger partial charge in [-0.2, -0.15) is 17.0 Å². The molecule has 1 aromatic rings. The molecule has 6 nitrogen and oxygen atoms in total. The van der Waals surface area contributed by atoms with Crippen molar-refractivity contribution in [2.45, 2.75) is 25.8 Å². The van der Waals surface area contributed by atoms with Crippen LogP contribution in [0.25, 0.3) is 0 Å². The number of hydrogen-bond donors (Lipinski definition) is 0. The Bertz CT molecular complexity index is 792. The van der Waals surface area contributed by atoms with E-state index in [-0.39, 0.29) is 0 Å². The molecule has 0 spiro atoms. The standard InChI is InChI=1S/C21H33N3O3S/c1-16-6-4-5-7-19(16)21-20-14-24(13-18(20)12-22(21)2)28(25,26)23-10-8-17(9-11-23)15-27-3/h4-7,17-18,20-21H,8-15H2,1-3H3/t18-,20+,21-/m0/s1. The molecule has 0 amide bonds. The highest BCUT2D eigenvalue weighted by molar-refractivity contribution is 7.86. The van der Waals surface area contributed by atoms with Crippen LogP contribution in [-0.2, 0) is 14.9 Å². The zero-order valence-electron chi connectivity index (χ0n) is 17.3. The molecule has 3 aliphatic heterocycles. The summed E-state index contributed by atoms with van der Waals surface area (Å²) in [5, 5.41) is 0. The molecule has 7 heteroatoms. The predicted molar refractivity (Wildman–Crippen MR) is 110 cm³/mol. The monoisotopic (exact) mass is 407 g/mol. The first kappa shape index (κ1) is 20.3. The van der Waals surface area contributed by atoms with Crippen molar-refractivity contribution in [3.63, 3.8) is 0 Å². The van der Waals surface area contributed by atoms with Crippen molar-refractivity contribution in [1.82, 2.24) is 13.5 Å². The van der Waals surface area contributed by atoms with Crippen LogP contribution >= 0.6 is 0 Å². The molecular weight excluding hydrogens is 374 g/mol. The van der Waals surface area contributed by atoms with E-state index in [0.29, 0.717) is 50.0 Å². The highest BCUT2D eigenvalue weighted by atomic mass is 32.2. The Labute approximate surface area is 169 Å². The van der Waals surface area contributed by atoms with Crippen molar-refractivity contribution < 1.29 is 13.2 Å². The van der Waals surface area contributed by atoms with Gasteiger partial charge in [0, 0.05) is 52.5 Å². The number of hydrogen-bond acceptors (Lipinski definition) is 4. The molecule has 156 valence electrons. The van der Waals surface area contributed by atoms with E-state index in [2.05, 4.69) is 43.1 Å². The summed E-state index contributed by atoms with van der Waals surface area (Å²) in [5.74, 6) is 1.26. The number of aryl methyl sites for hydroxylation is 1. The lowest BCUT2D eigenvalue weighted by Crippen LogP contribution is -2.47. The first-order chi connectivity index (χ1) is 13.4. The minimum atomic E-state index is -3.37. The zero-order chi connectivity index (χ0) is 19.9. The van der Waals surface area contributed by atoms with Crippen LogP contribution in [0.4, 0.5) is 0 Å². The molecule has 3 heterocycles. The van der Waals surface area contributed by atoms with Crippen molar-refractivity contribution in [3.05, 3.63) is 35.4 Å². The van der Waals surface area contributed by atoms with Crippen molar-refractivity contribution in [2.24, 2.45) is 17.8 Å². The molecule has 3 fully saturated rings. The largest absolute Gasteiger partial charge is 0.384 e. The highest BCUT2D eigenvalue weighted by Crippen LogP contribution is 2.45. The fraction of sp³-hybridized carbons (Fsp3) is 0.714. The topological polar surface area (TPSA) is 53.1 Å². The number of likely N-dealkylation sites (tertiary alicyclic amines) is 1. The summed E-state index contributed by atoms with van der Waals surface area (Å²) in [6, 6.07) is 8.83. The molecule has 0 saturated carbocycles. The molecule has 0 aromatic heterocycles. The highest BCUT2D eigenvalue weighted by Gasteiger charge is 2.50. The Hall–Kier alpha value is -0.990. The van der Waals surface area contributed by atoms with Gasteiger partial charge in [0.05, 0.1) is 0 Å². The van der Waals surface area contributed by atoms with Crippen LogP contribution in [0, 0.1) is 24.7 Å². The van der Waals surface area contributed by atoms with Crippen LogP contribution in [0.2, 0.25) is 0 Å². The molecule has 0 bridgehead atoms. The van der Waals surface area contributed by atoms with Crippen molar-refractivity contribution in [3.8, 4) is 0 Å². The van der Waals surface area contributed by atoms with E-state index >= 15 is 0 Å². The van der Waals surface area contributed by atoms with Crippen molar-refractivity contribution >= 4 is 10.2 Å². The van der Waals surface area contributed by atoms with E-state index in [4.69, 9.17) is 4.74 Å². The minimum absolute atomic E-state index is 0.304. The van der Waals surface area contributed by atoms with E-state index in [0.717, 1.165) is 26.0 Å². The average molecular weight is 408 g/mol. The second kappa shape index (κ2) is 8.03. The van der Waals surface area contributed by atoms with Crippen LogP contribution in [0.3, 0.4) is 0 Å². The summed E-state index contributed by atoms with van der Waals surface area (Å²) < 4.78 is 35.3. The summed E-state index contributed by atoms with van der Waals surface area (Å²) in [6.07, 6.45) is 1.78. The van der Waals surface area contributed by atoms with Gasteiger partial charge in [-0.05, 0) is 55.7 Å². The lowest BCUT2D eigenvalue weighted by molar-refractivity contribution is 0.119. The van der Waals surface area contributed by atoms with Crippen LogP contribution in [-0.4, -0.2) is 75.4 Å². The van der Waals surface area contributed by atoms with E-state index in [9.17, 15) is 8.42 Å².